The Hall–Kier alpha value is -0.860. The molecule has 1 aliphatic rings. The van der Waals surface area contributed by atoms with Crippen molar-refractivity contribution in [1.82, 2.24) is 10.2 Å². The monoisotopic (exact) mass is 260 g/mol. The maximum absolute atomic E-state index is 3.69. The minimum absolute atomic E-state index is 0.487. The van der Waals surface area contributed by atoms with Crippen molar-refractivity contribution in [2.75, 3.05) is 20.6 Å². The molecule has 0 amide bonds. The highest BCUT2D eigenvalue weighted by Gasteiger charge is 2.30. The molecule has 2 heteroatoms. The minimum Gasteiger partial charge on any atom is -0.312 e. The van der Waals surface area contributed by atoms with Crippen LogP contribution in [-0.4, -0.2) is 31.6 Å². The first-order valence-corrected chi connectivity index (χ1v) is 7.40. The van der Waals surface area contributed by atoms with E-state index in [1.165, 1.54) is 35.1 Å². The molecule has 1 heterocycles. The van der Waals surface area contributed by atoms with Crippen LogP contribution in [0.2, 0.25) is 0 Å². The molecule has 1 aromatic rings. The lowest BCUT2D eigenvalue weighted by molar-refractivity contribution is 0.242. The molecule has 0 spiro atoms. The average molecular weight is 260 g/mol. The fourth-order valence-corrected chi connectivity index (χ4v) is 3.49. The van der Waals surface area contributed by atoms with Crippen molar-refractivity contribution in [3.05, 3.63) is 33.9 Å². The molecule has 0 saturated carbocycles. The van der Waals surface area contributed by atoms with E-state index in [0.29, 0.717) is 12.1 Å². The van der Waals surface area contributed by atoms with Crippen molar-refractivity contribution in [2.24, 2.45) is 0 Å². The van der Waals surface area contributed by atoms with Crippen molar-refractivity contribution in [3.8, 4) is 0 Å². The van der Waals surface area contributed by atoms with Gasteiger partial charge in [0.25, 0.3) is 0 Å². The first-order valence-electron chi connectivity index (χ1n) is 7.40. The van der Waals surface area contributed by atoms with Crippen LogP contribution >= 0.6 is 0 Å². The van der Waals surface area contributed by atoms with Crippen LogP contribution < -0.4 is 5.32 Å². The number of likely N-dealkylation sites (N-methyl/N-ethyl adjacent to an activating group) is 1. The SMILES string of the molecule is Cc1cc(C)c(C)c(C(C2CCCN2)N(C)C)c1C. The van der Waals surface area contributed by atoms with Crippen molar-refractivity contribution < 1.29 is 0 Å². The van der Waals surface area contributed by atoms with E-state index in [9.17, 15) is 0 Å². The molecule has 1 fully saturated rings. The van der Waals surface area contributed by atoms with Crippen molar-refractivity contribution in [3.63, 3.8) is 0 Å². The largest absolute Gasteiger partial charge is 0.312 e. The van der Waals surface area contributed by atoms with E-state index >= 15 is 0 Å². The zero-order chi connectivity index (χ0) is 14.2. The summed E-state index contributed by atoms with van der Waals surface area (Å²) in [6.07, 6.45) is 2.59. The highest BCUT2D eigenvalue weighted by atomic mass is 15.1. The second kappa shape index (κ2) is 5.64. The van der Waals surface area contributed by atoms with Crippen LogP contribution in [0.1, 0.15) is 46.7 Å². The zero-order valence-electron chi connectivity index (χ0n) is 13.3. The van der Waals surface area contributed by atoms with Gasteiger partial charge in [0.1, 0.15) is 0 Å². The molecule has 2 atom stereocenters. The third-order valence-electron chi connectivity index (χ3n) is 4.76. The lowest BCUT2D eigenvalue weighted by Gasteiger charge is -2.34. The van der Waals surface area contributed by atoms with Gasteiger partial charge in [-0.3, -0.25) is 0 Å². The molecule has 1 aromatic carbocycles. The highest BCUT2D eigenvalue weighted by molar-refractivity contribution is 5.46. The Labute approximate surface area is 118 Å². The molecule has 0 aliphatic carbocycles. The Bertz CT molecular complexity index is 431. The molecule has 1 N–H and O–H groups in total. The Morgan fingerprint density at radius 3 is 2.11 bits per heavy atom. The van der Waals surface area contributed by atoms with Crippen LogP contribution in [-0.2, 0) is 0 Å². The van der Waals surface area contributed by atoms with Gasteiger partial charge in [-0.15, -0.1) is 0 Å². The van der Waals surface area contributed by atoms with Gasteiger partial charge < -0.3 is 10.2 Å². The maximum Gasteiger partial charge on any atom is 0.0501 e. The number of aryl methyl sites for hydroxylation is 2. The van der Waals surface area contributed by atoms with Crippen LogP contribution in [0.25, 0.3) is 0 Å². The molecule has 2 unspecified atom stereocenters. The number of rotatable bonds is 3. The summed E-state index contributed by atoms with van der Waals surface area (Å²) < 4.78 is 0. The summed E-state index contributed by atoms with van der Waals surface area (Å²) in [5.74, 6) is 0. The van der Waals surface area contributed by atoms with Gasteiger partial charge in [-0.1, -0.05) is 6.07 Å². The smallest absolute Gasteiger partial charge is 0.0501 e. The normalized spacial score (nSPS) is 21.1. The third kappa shape index (κ3) is 2.70. The van der Waals surface area contributed by atoms with Gasteiger partial charge in [0, 0.05) is 6.04 Å². The molecular weight excluding hydrogens is 232 g/mol. The van der Waals surface area contributed by atoms with Crippen molar-refractivity contribution >= 4 is 0 Å². The van der Waals surface area contributed by atoms with E-state index in [-0.39, 0.29) is 0 Å². The van der Waals surface area contributed by atoms with E-state index < -0.39 is 0 Å². The number of nitrogens with one attached hydrogen (secondary N) is 1. The number of hydrogen-bond donors (Lipinski definition) is 1. The van der Waals surface area contributed by atoms with Gasteiger partial charge >= 0.3 is 0 Å². The average Bonchev–Trinajstić information content (AvgIpc) is 2.85. The fraction of sp³-hybridized carbons (Fsp3) is 0.647. The molecule has 0 aromatic heterocycles. The predicted octanol–water partition coefficient (Wildman–Crippen LogP) is 3.27. The van der Waals surface area contributed by atoms with Gasteiger partial charge in [-0.2, -0.15) is 0 Å². The number of benzene rings is 1. The van der Waals surface area contributed by atoms with Gasteiger partial charge in [0.2, 0.25) is 0 Å². The van der Waals surface area contributed by atoms with E-state index in [1.54, 1.807) is 5.56 Å². The maximum atomic E-state index is 3.69. The fourth-order valence-electron chi connectivity index (χ4n) is 3.49. The first-order chi connectivity index (χ1) is 8.93. The zero-order valence-corrected chi connectivity index (χ0v) is 13.3. The molecule has 1 saturated heterocycles. The molecule has 106 valence electrons. The second-order valence-electron chi connectivity index (χ2n) is 6.29. The van der Waals surface area contributed by atoms with Gasteiger partial charge in [-0.25, -0.2) is 0 Å². The first kappa shape index (κ1) is 14.5. The van der Waals surface area contributed by atoms with Gasteiger partial charge in [0.05, 0.1) is 6.04 Å². The van der Waals surface area contributed by atoms with E-state index in [2.05, 4.69) is 58.1 Å². The molecule has 2 nitrogen and oxygen atoms in total. The standard InChI is InChI=1S/C17H28N2/c1-11-10-12(2)14(4)16(13(11)3)17(19(5)6)15-8-7-9-18-15/h10,15,17-18H,7-9H2,1-6H3. The third-order valence-corrected chi connectivity index (χ3v) is 4.76. The predicted molar refractivity (Wildman–Crippen MR) is 82.8 cm³/mol. The van der Waals surface area contributed by atoms with E-state index in [0.717, 1.165) is 6.54 Å². The molecule has 19 heavy (non-hydrogen) atoms. The van der Waals surface area contributed by atoms with Gasteiger partial charge in [0.15, 0.2) is 0 Å². The lowest BCUT2D eigenvalue weighted by atomic mass is 9.86. The van der Waals surface area contributed by atoms with Crippen LogP contribution in [0.5, 0.6) is 0 Å². The van der Waals surface area contributed by atoms with Gasteiger partial charge in [-0.05, 0) is 89.0 Å². The molecular formula is C17H28N2. The van der Waals surface area contributed by atoms with Crippen molar-refractivity contribution in [1.29, 1.82) is 0 Å². The Morgan fingerprint density at radius 1 is 1.11 bits per heavy atom. The van der Waals surface area contributed by atoms with Crippen molar-refractivity contribution in [2.45, 2.75) is 52.6 Å². The summed E-state index contributed by atoms with van der Waals surface area (Å²) in [6, 6.07) is 3.40. The second-order valence-corrected chi connectivity index (χ2v) is 6.29. The van der Waals surface area contributed by atoms with E-state index in [1.807, 2.05) is 0 Å². The quantitative estimate of drug-likeness (QED) is 0.897. The van der Waals surface area contributed by atoms with Crippen LogP contribution in [0.4, 0.5) is 0 Å². The topological polar surface area (TPSA) is 15.3 Å². The lowest BCUT2D eigenvalue weighted by Crippen LogP contribution is -2.38. The summed E-state index contributed by atoms with van der Waals surface area (Å²) in [5.41, 5.74) is 7.32. The molecule has 0 radical (unpaired) electrons. The van der Waals surface area contributed by atoms with Crippen LogP contribution in [0.15, 0.2) is 6.07 Å². The summed E-state index contributed by atoms with van der Waals surface area (Å²) in [6.45, 7) is 10.2. The van der Waals surface area contributed by atoms with Crippen LogP contribution in [0, 0.1) is 27.7 Å². The Kier molecular flexibility index (Phi) is 4.32. The van der Waals surface area contributed by atoms with Crippen LogP contribution in [0.3, 0.4) is 0 Å². The Morgan fingerprint density at radius 2 is 1.68 bits per heavy atom. The van der Waals surface area contributed by atoms with E-state index in [4.69, 9.17) is 0 Å². The summed E-state index contributed by atoms with van der Waals surface area (Å²) in [7, 11) is 4.42. The molecule has 1 aliphatic heterocycles. The summed E-state index contributed by atoms with van der Waals surface area (Å²) >= 11 is 0. The Balaban J connectivity index is 2.52. The highest BCUT2D eigenvalue weighted by Crippen LogP contribution is 2.34. The molecule has 2 rings (SSSR count). The minimum atomic E-state index is 0.487. The number of hydrogen-bond acceptors (Lipinski definition) is 2. The number of nitrogens with zero attached hydrogens (tertiary/aromatic N) is 1. The summed E-state index contributed by atoms with van der Waals surface area (Å²) in [5, 5.41) is 3.69. The summed E-state index contributed by atoms with van der Waals surface area (Å²) in [4.78, 5) is 2.39. The molecule has 0 bridgehead atoms.